The van der Waals surface area contributed by atoms with Crippen LogP contribution in [0.1, 0.15) is 120 Å². The highest BCUT2D eigenvalue weighted by atomic mass is 14.5. The summed E-state index contributed by atoms with van der Waals surface area (Å²) >= 11 is 0. The Kier molecular flexibility index (Phi) is 11.2. The smallest absolute Gasteiger partial charge is 0.0169 e. The molecule has 0 aromatic rings. The van der Waals surface area contributed by atoms with Crippen molar-refractivity contribution in [1.29, 1.82) is 0 Å². The molecule has 4 unspecified atom stereocenters. The Morgan fingerprint density at radius 3 is 2.25 bits per heavy atom. The second kappa shape index (κ2) is 12.2. The van der Waals surface area contributed by atoms with Gasteiger partial charge in [-0.3, -0.25) is 0 Å². The van der Waals surface area contributed by atoms with Crippen molar-refractivity contribution in [3.8, 4) is 0 Å². The fourth-order valence-corrected chi connectivity index (χ4v) is 6.20. The third-order valence-corrected chi connectivity index (χ3v) is 7.98. The van der Waals surface area contributed by atoms with Gasteiger partial charge in [-0.2, -0.15) is 0 Å². The van der Waals surface area contributed by atoms with Crippen LogP contribution in [0.25, 0.3) is 0 Å². The quantitative estimate of drug-likeness (QED) is 0.425. The number of hydrogen-bond acceptors (Lipinski definition) is 0. The van der Waals surface area contributed by atoms with Gasteiger partial charge in [-0.15, -0.1) is 0 Å². The first-order valence-corrected chi connectivity index (χ1v) is 11.9. The molecule has 0 nitrogen and oxygen atoms in total. The first-order chi connectivity index (χ1) is 12.5. The molecular formula is C28H52. The summed E-state index contributed by atoms with van der Waals surface area (Å²) in [6, 6.07) is 0. The van der Waals surface area contributed by atoms with Crippen molar-refractivity contribution in [2.24, 2.45) is 35.5 Å². The van der Waals surface area contributed by atoms with E-state index in [9.17, 15) is 0 Å². The number of allylic oxidation sites excluding steroid dienone is 4. The molecular weight excluding hydrogens is 336 g/mol. The fourth-order valence-electron chi connectivity index (χ4n) is 6.20. The summed E-state index contributed by atoms with van der Waals surface area (Å²) in [6.07, 6.45) is 22.3. The molecule has 3 rings (SSSR count). The molecule has 0 heteroatoms. The lowest BCUT2D eigenvalue weighted by molar-refractivity contribution is 0.206. The summed E-state index contributed by atoms with van der Waals surface area (Å²) in [7, 11) is 0. The molecule has 3 aliphatic rings. The zero-order valence-electron chi connectivity index (χ0n) is 18.1. The predicted octanol–water partition coefficient (Wildman–Crippen LogP) is 9.61. The van der Waals surface area contributed by atoms with E-state index in [0.29, 0.717) is 0 Å². The van der Waals surface area contributed by atoms with Gasteiger partial charge < -0.3 is 0 Å². The molecule has 164 valence electrons. The predicted molar refractivity (Wildman–Crippen MR) is 129 cm³/mol. The average Bonchev–Trinajstić information content (AvgIpc) is 3.05. The van der Waals surface area contributed by atoms with Gasteiger partial charge in [0.1, 0.15) is 0 Å². The minimum absolute atomic E-state index is 0. The van der Waals surface area contributed by atoms with Crippen LogP contribution in [0.5, 0.6) is 0 Å². The average molecular weight is 389 g/mol. The topological polar surface area (TPSA) is 0 Å². The van der Waals surface area contributed by atoms with Crippen LogP contribution in [-0.4, -0.2) is 0 Å². The molecule has 0 amide bonds. The molecule has 0 aliphatic heterocycles. The van der Waals surface area contributed by atoms with Gasteiger partial charge in [0.15, 0.2) is 0 Å². The van der Waals surface area contributed by atoms with Gasteiger partial charge >= 0.3 is 0 Å². The van der Waals surface area contributed by atoms with Gasteiger partial charge in [0.2, 0.25) is 0 Å². The number of rotatable bonds is 6. The molecule has 0 radical (unpaired) electrons. The van der Waals surface area contributed by atoms with Crippen molar-refractivity contribution in [1.82, 2.24) is 0 Å². The van der Waals surface area contributed by atoms with E-state index in [1.165, 1.54) is 77.0 Å². The van der Waals surface area contributed by atoms with E-state index in [1.54, 1.807) is 5.57 Å². The molecule has 0 N–H and O–H groups in total. The molecule has 0 saturated heterocycles. The summed E-state index contributed by atoms with van der Waals surface area (Å²) in [5.41, 5.74) is 3.55. The lowest BCUT2D eigenvalue weighted by atomic mass is 9.71. The molecule has 0 bridgehead atoms. The van der Waals surface area contributed by atoms with Crippen LogP contribution in [0.2, 0.25) is 0 Å². The van der Waals surface area contributed by atoms with Crippen LogP contribution in [0.15, 0.2) is 23.3 Å². The Hall–Kier alpha value is -0.520. The monoisotopic (exact) mass is 388 g/mol. The normalized spacial score (nSPS) is 32.5. The molecule has 0 aromatic heterocycles. The molecule has 0 heterocycles. The summed E-state index contributed by atoms with van der Waals surface area (Å²) in [5.74, 6) is 5.72. The Morgan fingerprint density at radius 2 is 1.57 bits per heavy atom. The summed E-state index contributed by atoms with van der Waals surface area (Å²) in [6.45, 7) is 9.73. The molecule has 3 aliphatic carbocycles. The first-order valence-electron chi connectivity index (χ1n) is 11.9. The Balaban J connectivity index is 0.00000196. The second-order valence-electron chi connectivity index (χ2n) is 10.5. The van der Waals surface area contributed by atoms with Crippen molar-refractivity contribution in [2.45, 2.75) is 120 Å². The standard InChI is InChI=1S/C26H44.2CH4/c1-19(2)7-5-8-21(4)24-17-18-25-23(9-6-10-26(24)25)16-15-22-13-11-20(3)12-14-22;;/h15-16,19-21,24-26H,5-14,17-18H2,1-4H3;2*1H4/b22-15?,23-16+;;. The van der Waals surface area contributed by atoms with Crippen molar-refractivity contribution < 1.29 is 0 Å². The van der Waals surface area contributed by atoms with E-state index in [1.807, 2.05) is 5.57 Å². The van der Waals surface area contributed by atoms with E-state index in [0.717, 1.165) is 35.5 Å². The van der Waals surface area contributed by atoms with Crippen LogP contribution >= 0.6 is 0 Å². The van der Waals surface area contributed by atoms with Gasteiger partial charge in [0, 0.05) is 0 Å². The minimum atomic E-state index is 0. The van der Waals surface area contributed by atoms with Crippen molar-refractivity contribution in [3.63, 3.8) is 0 Å². The third kappa shape index (κ3) is 6.77. The van der Waals surface area contributed by atoms with Gasteiger partial charge in [0.25, 0.3) is 0 Å². The highest BCUT2D eigenvalue weighted by Gasteiger charge is 2.41. The molecule has 3 fully saturated rings. The molecule has 4 atom stereocenters. The number of fused-ring (bicyclic) bond motifs is 1. The Bertz CT molecular complexity index is 484. The Labute approximate surface area is 178 Å². The van der Waals surface area contributed by atoms with Crippen molar-refractivity contribution >= 4 is 0 Å². The summed E-state index contributed by atoms with van der Waals surface area (Å²) in [4.78, 5) is 0. The van der Waals surface area contributed by atoms with Gasteiger partial charge in [-0.25, -0.2) is 0 Å². The maximum atomic E-state index is 2.59. The maximum Gasteiger partial charge on any atom is -0.0169 e. The minimum Gasteiger partial charge on any atom is -0.0776 e. The van der Waals surface area contributed by atoms with E-state index in [4.69, 9.17) is 0 Å². The maximum absolute atomic E-state index is 2.59. The highest BCUT2D eigenvalue weighted by molar-refractivity contribution is 5.23. The molecule has 0 spiro atoms. The SMILES string of the molecule is C.C.CC(C)CCCC(C)C1CCC2/C(=C/C=C3CCC(C)CC3)CCCC21. The molecule has 28 heavy (non-hydrogen) atoms. The lowest BCUT2D eigenvalue weighted by Crippen LogP contribution is -2.25. The first kappa shape index (κ1) is 25.5. The van der Waals surface area contributed by atoms with Gasteiger partial charge in [0.05, 0.1) is 0 Å². The summed E-state index contributed by atoms with van der Waals surface area (Å²) in [5, 5.41) is 0. The van der Waals surface area contributed by atoms with Crippen molar-refractivity contribution in [3.05, 3.63) is 23.3 Å². The third-order valence-electron chi connectivity index (χ3n) is 7.98. The van der Waals surface area contributed by atoms with Gasteiger partial charge in [-0.05, 0) is 93.3 Å². The zero-order valence-corrected chi connectivity index (χ0v) is 18.1. The molecule has 3 saturated carbocycles. The largest absolute Gasteiger partial charge is 0.0776 e. The zero-order chi connectivity index (χ0) is 18.5. The Morgan fingerprint density at radius 1 is 0.857 bits per heavy atom. The summed E-state index contributed by atoms with van der Waals surface area (Å²) < 4.78 is 0. The van der Waals surface area contributed by atoms with Crippen LogP contribution in [0, 0.1) is 35.5 Å². The van der Waals surface area contributed by atoms with E-state index in [2.05, 4.69) is 39.8 Å². The van der Waals surface area contributed by atoms with Crippen molar-refractivity contribution in [2.75, 3.05) is 0 Å². The van der Waals surface area contributed by atoms with E-state index < -0.39 is 0 Å². The molecule has 0 aromatic carbocycles. The second-order valence-corrected chi connectivity index (χ2v) is 10.5. The number of hydrogen-bond donors (Lipinski definition) is 0. The van der Waals surface area contributed by atoms with Crippen LogP contribution in [-0.2, 0) is 0 Å². The van der Waals surface area contributed by atoms with Crippen LogP contribution in [0.3, 0.4) is 0 Å². The van der Waals surface area contributed by atoms with Gasteiger partial charge in [-0.1, -0.05) is 85.1 Å². The lowest BCUT2D eigenvalue weighted by Gasteiger charge is -2.34. The van der Waals surface area contributed by atoms with E-state index in [-0.39, 0.29) is 14.9 Å². The highest BCUT2D eigenvalue weighted by Crippen LogP contribution is 2.51. The van der Waals surface area contributed by atoms with Crippen LogP contribution < -0.4 is 0 Å². The van der Waals surface area contributed by atoms with Crippen LogP contribution in [0.4, 0.5) is 0 Å². The van der Waals surface area contributed by atoms with E-state index >= 15 is 0 Å². The fraction of sp³-hybridized carbons (Fsp3) is 0.857.